The Labute approximate surface area is 116 Å². The minimum Gasteiger partial charge on any atom is -0.480 e. The molecule has 6 nitrogen and oxygen atoms in total. The van der Waals surface area contributed by atoms with Gasteiger partial charge in [0, 0.05) is 19.0 Å². The molecule has 2 rings (SSSR count). The quantitative estimate of drug-likeness (QED) is 0.892. The van der Waals surface area contributed by atoms with Crippen molar-refractivity contribution >= 4 is 23.5 Å². The maximum Gasteiger partial charge on any atom is 0.326 e. The number of carboxylic acid groups (broad SMARTS) is 1. The number of carbonyl (C=O) groups is 3. The molecule has 0 radical (unpaired) electrons. The van der Waals surface area contributed by atoms with E-state index < -0.39 is 12.0 Å². The number of nitrogens with zero attached hydrogens (tertiary/aromatic N) is 2. The highest BCUT2D eigenvalue weighted by Crippen LogP contribution is 2.22. The number of aliphatic carboxylic acids is 1. The lowest BCUT2D eigenvalue weighted by atomic mass is 10.2. The third kappa shape index (κ3) is 2.79. The first-order valence-corrected chi connectivity index (χ1v) is 6.36. The summed E-state index contributed by atoms with van der Waals surface area (Å²) < 4.78 is 0. The van der Waals surface area contributed by atoms with Crippen molar-refractivity contribution in [2.24, 2.45) is 0 Å². The second-order valence-corrected chi connectivity index (χ2v) is 4.68. The van der Waals surface area contributed by atoms with Gasteiger partial charge in [-0.15, -0.1) is 0 Å². The molecule has 0 aliphatic carbocycles. The highest BCUT2D eigenvalue weighted by atomic mass is 16.4. The second kappa shape index (κ2) is 5.73. The van der Waals surface area contributed by atoms with Crippen LogP contribution in [0.25, 0.3) is 0 Å². The van der Waals surface area contributed by atoms with E-state index in [4.69, 9.17) is 5.11 Å². The molecule has 1 aromatic rings. The molecular formula is C14H16N2O4. The number of hydrogen-bond acceptors (Lipinski definition) is 3. The third-order valence-corrected chi connectivity index (χ3v) is 3.36. The standard InChI is InChI=1S/C14H16N2O4/c1-10(17)15(11-5-3-2-4-6-11)9-16-12(14(19)20)7-8-13(16)18/h2-6,12H,7-9H2,1H3,(H,19,20)/t12-/m1/s1. The number of carboxylic acids is 1. The Morgan fingerprint density at radius 2 is 2.00 bits per heavy atom. The van der Waals surface area contributed by atoms with Gasteiger partial charge in [0.25, 0.3) is 0 Å². The predicted molar refractivity (Wildman–Crippen MR) is 72.0 cm³/mol. The molecule has 2 amide bonds. The van der Waals surface area contributed by atoms with Crippen LogP contribution in [0.5, 0.6) is 0 Å². The van der Waals surface area contributed by atoms with E-state index in [0.29, 0.717) is 5.69 Å². The van der Waals surface area contributed by atoms with Gasteiger partial charge in [0.1, 0.15) is 12.7 Å². The van der Waals surface area contributed by atoms with Crippen molar-refractivity contribution in [3.8, 4) is 0 Å². The Morgan fingerprint density at radius 3 is 2.55 bits per heavy atom. The summed E-state index contributed by atoms with van der Waals surface area (Å²) in [6.07, 6.45) is 0.492. The molecular weight excluding hydrogens is 260 g/mol. The summed E-state index contributed by atoms with van der Waals surface area (Å²) in [5.74, 6) is -1.51. The largest absolute Gasteiger partial charge is 0.480 e. The summed E-state index contributed by atoms with van der Waals surface area (Å²) >= 11 is 0. The Hall–Kier alpha value is -2.37. The maximum absolute atomic E-state index is 11.8. The van der Waals surface area contributed by atoms with Gasteiger partial charge in [-0.05, 0) is 18.6 Å². The highest BCUT2D eigenvalue weighted by molar-refractivity contribution is 5.93. The lowest BCUT2D eigenvalue weighted by Gasteiger charge is -2.29. The van der Waals surface area contributed by atoms with Gasteiger partial charge in [-0.1, -0.05) is 18.2 Å². The van der Waals surface area contributed by atoms with Crippen LogP contribution in [0.15, 0.2) is 30.3 Å². The van der Waals surface area contributed by atoms with Crippen molar-refractivity contribution in [3.63, 3.8) is 0 Å². The number of rotatable bonds is 4. The summed E-state index contributed by atoms with van der Waals surface area (Å²) in [6.45, 7) is 1.36. The van der Waals surface area contributed by atoms with Crippen molar-refractivity contribution in [3.05, 3.63) is 30.3 Å². The molecule has 106 valence electrons. The lowest BCUT2D eigenvalue weighted by molar-refractivity contribution is -0.146. The van der Waals surface area contributed by atoms with Crippen LogP contribution in [0.1, 0.15) is 19.8 Å². The highest BCUT2D eigenvalue weighted by Gasteiger charge is 2.37. The van der Waals surface area contributed by atoms with Crippen LogP contribution < -0.4 is 4.90 Å². The molecule has 0 aromatic heterocycles. The molecule has 0 unspecified atom stereocenters. The molecule has 0 saturated carbocycles. The van der Waals surface area contributed by atoms with Crippen LogP contribution in [0, 0.1) is 0 Å². The lowest BCUT2D eigenvalue weighted by Crippen LogP contribution is -2.47. The first-order valence-electron chi connectivity index (χ1n) is 6.36. The van der Waals surface area contributed by atoms with Crippen LogP contribution in [-0.2, 0) is 14.4 Å². The molecule has 0 spiro atoms. The first kappa shape index (κ1) is 14.0. The number of hydrogen-bond donors (Lipinski definition) is 1. The molecule has 1 N–H and O–H groups in total. The summed E-state index contributed by atoms with van der Waals surface area (Å²) in [5.41, 5.74) is 0.642. The third-order valence-electron chi connectivity index (χ3n) is 3.36. The van der Waals surface area contributed by atoms with Crippen LogP contribution in [0.2, 0.25) is 0 Å². The number of para-hydroxylation sites is 1. The average molecular weight is 276 g/mol. The van der Waals surface area contributed by atoms with E-state index in [9.17, 15) is 14.4 Å². The Morgan fingerprint density at radius 1 is 1.35 bits per heavy atom. The minimum absolute atomic E-state index is 0.0326. The number of amides is 2. The first-order chi connectivity index (χ1) is 9.50. The fourth-order valence-corrected chi connectivity index (χ4v) is 2.29. The Kier molecular flexibility index (Phi) is 4.02. The van der Waals surface area contributed by atoms with E-state index in [-0.39, 0.29) is 31.3 Å². The summed E-state index contributed by atoms with van der Waals surface area (Å²) in [5, 5.41) is 9.13. The van der Waals surface area contributed by atoms with Crippen molar-refractivity contribution in [2.75, 3.05) is 11.6 Å². The van der Waals surface area contributed by atoms with Crippen LogP contribution in [0.4, 0.5) is 5.69 Å². The summed E-state index contributed by atoms with van der Waals surface area (Å²) in [4.78, 5) is 37.4. The van der Waals surface area contributed by atoms with Crippen molar-refractivity contribution in [1.82, 2.24) is 4.90 Å². The molecule has 1 aliphatic heterocycles. The second-order valence-electron chi connectivity index (χ2n) is 4.68. The number of likely N-dealkylation sites (tertiary alicyclic amines) is 1. The molecule has 1 atom stereocenters. The van der Waals surface area contributed by atoms with Crippen molar-refractivity contribution in [2.45, 2.75) is 25.8 Å². The molecule has 1 aliphatic rings. The van der Waals surface area contributed by atoms with E-state index in [0.717, 1.165) is 0 Å². The van der Waals surface area contributed by atoms with Crippen LogP contribution in [0.3, 0.4) is 0 Å². The van der Waals surface area contributed by atoms with E-state index in [2.05, 4.69) is 0 Å². The van der Waals surface area contributed by atoms with Gasteiger partial charge in [-0.3, -0.25) is 14.5 Å². The van der Waals surface area contributed by atoms with Crippen LogP contribution in [-0.4, -0.2) is 40.5 Å². The Bertz CT molecular complexity index is 529. The fraction of sp³-hybridized carbons (Fsp3) is 0.357. The van der Waals surface area contributed by atoms with Gasteiger partial charge in [0.05, 0.1) is 0 Å². The van der Waals surface area contributed by atoms with E-state index in [1.54, 1.807) is 24.3 Å². The molecule has 1 saturated heterocycles. The Balaban J connectivity index is 2.22. The zero-order chi connectivity index (χ0) is 14.7. The van der Waals surface area contributed by atoms with E-state index >= 15 is 0 Å². The molecule has 6 heteroatoms. The van der Waals surface area contributed by atoms with Gasteiger partial charge >= 0.3 is 5.97 Å². The van der Waals surface area contributed by atoms with Gasteiger partial charge in [0.15, 0.2) is 0 Å². The fourth-order valence-electron chi connectivity index (χ4n) is 2.29. The van der Waals surface area contributed by atoms with E-state index in [1.165, 1.54) is 16.7 Å². The van der Waals surface area contributed by atoms with Gasteiger partial charge in [0.2, 0.25) is 11.8 Å². The SMILES string of the molecule is CC(=O)N(CN1C(=O)CC[C@@H]1C(=O)O)c1ccccc1. The van der Waals surface area contributed by atoms with Gasteiger partial charge < -0.3 is 10.0 Å². The normalized spacial score (nSPS) is 18.1. The predicted octanol–water partition coefficient (Wildman–Crippen LogP) is 1.07. The van der Waals surface area contributed by atoms with Crippen molar-refractivity contribution < 1.29 is 19.5 Å². The zero-order valence-corrected chi connectivity index (χ0v) is 11.2. The average Bonchev–Trinajstić information content (AvgIpc) is 2.78. The topological polar surface area (TPSA) is 77.9 Å². The van der Waals surface area contributed by atoms with Gasteiger partial charge in [-0.2, -0.15) is 0 Å². The van der Waals surface area contributed by atoms with Gasteiger partial charge in [-0.25, -0.2) is 4.79 Å². The molecule has 20 heavy (non-hydrogen) atoms. The van der Waals surface area contributed by atoms with E-state index in [1.807, 2.05) is 6.07 Å². The monoisotopic (exact) mass is 276 g/mol. The van der Waals surface area contributed by atoms with Crippen LogP contribution >= 0.6 is 0 Å². The number of benzene rings is 1. The summed E-state index contributed by atoms with van der Waals surface area (Å²) in [7, 11) is 0. The maximum atomic E-state index is 11.8. The summed E-state index contributed by atoms with van der Waals surface area (Å²) in [6, 6.07) is 8.03. The smallest absolute Gasteiger partial charge is 0.326 e. The molecule has 0 bridgehead atoms. The minimum atomic E-state index is -1.03. The molecule has 1 heterocycles. The zero-order valence-electron chi connectivity index (χ0n) is 11.2. The number of carbonyl (C=O) groups excluding carboxylic acids is 2. The number of anilines is 1. The van der Waals surface area contributed by atoms with Crippen molar-refractivity contribution in [1.29, 1.82) is 0 Å². The molecule has 1 aromatic carbocycles. The molecule has 1 fully saturated rings.